The molecule has 0 aliphatic carbocycles. The van der Waals surface area contributed by atoms with Crippen LogP contribution in [-0.4, -0.2) is 37.1 Å². The number of benzene rings is 2. The third-order valence-electron chi connectivity index (χ3n) is 5.09. The maximum Gasteiger partial charge on any atom is 0.292 e. The first kappa shape index (κ1) is 18.1. The number of rotatable bonds is 4. The average molecular weight is 383 g/mol. The van der Waals surface area contributed by atoms with Gasteiger partial charge in [-0.05, 0) is 31.0 Å². The van der Waals surface area contributed by atoms with Crippen molar-refractivity contribution in [2.75, 3.05) is 36.5 Å². The van der Waals surface area contributed by atoms with Gasteiger partial charge in [0.05, 0.1) is 4.92 Å². The summed E-state index contributed by atoms with van der Waals surface area (Å²) in [7, 11) is 0. The van der Waals surface area contributed by atoms with Gasteiger partial charge in [-0.15, -0.1) is 0 Å². The number of carbonyl (C=O) groups excluding carboxylic acids is 1. The Balaban J connectivity index is 1.37. The van der Waals surface area contributed by atoms with E-state index >= 15 is 0 Å². The smallest absolute Gasteiger partial charge is 0.292 e. The molecule has 0 spiro atoms. The van der Waals surface area contributed by atoms with Crippen molar-refractivity contribution >= 4 is 23.0 Å². The van der Waals surface area contributed by atoms with Crippen LogP contribution in [0.15, 0.2) is 42.5 Å². The van der Waals surface area contributed by atoms with E-state index in [1.54, 1.807) is 36.4 Å². The monoisotopic (exact) mass is 383 g/mol. The summed E-state index contributed by atoms with van der Waals surface area (Å²) in [4.78, 5) is 25.5. The molecule has 0 atom stereocenters. The minimum absolute atomic E-state index is 0.0427. The maximum absolute atomic E-state index is 12.6. The Morgan fingerprint density at radius 2 is 1.79 bits per heavy atom. The molecule has 0 unspecified atom stereocenters. The second-order valence-corrected chi connectivity index (χ2v) is 6.85. The van der Waals surface area contributed by atoms with Gasteiger partial charge in [-0.1, -0.05) is 12.1 Å². The Morgan fingerprint density at radius 1 is 1.07 bits per heavy atom. The van der Waals surface area contributed by atoms with Gasteiger partial charge in [-0.25, -0.2) is 0 Å². The lowest BCUT2D eigenvalue weighted by atomic mass is 9.95. The molecule has 1 fully saturated rings. The molecular weight excluding hydrogens is 362 g/mol. The van der Waals surface area contributed by atoms with E-state index in [4.69, 9.17) is 9.47 Å². The van der Waals surface area contributed by atoms with Crippen molar-refractivity contribution in [3.8, 4) is 11.5 Å². The van der Waals surface area contributed by atoms with Gasteiger partial charge < -0.3 is 19.7 Å². The van der Waals surface area contributed by atoms with E-state index < -0.39 is 0 Å². The molecule has 2 heterocycles. The van der Waals surface area contributed by atoms with E-state index in [1.165, 1.54) is 6.07 Å². The van der Waals surface area contributed by atoms with Gasteiger partial charge in [0.15, 0.2) is 11.5 Å². The molecule has 0 bridgehead atoms. The molecule has 2 aliphatic rings. The zero-order valence-electron chi connectivity index (χ0n) is 15.3. The second-order valence-electron chi connectivity index (χ2n) is 6.85. The summed E-state index contributed by atoms with van der Waals surface area (Å²) in [5, 5.41) is 14.2. The van der Waals surface area contributed by atoms with Crippen molar-refractivity contribution in [1.82, 2.24) is 0 Å². The highest BCUT2D eigenvalue weighted by Crippen LogP contribution is 2.34. The molecule has 0 aromatic heterocycles. The number of piperidine rings is 1. The quantitative estimate of drug-likeness (QED) is 0.644. The minimum Gasteiger partial charge on any atom is -0.486 e. The maximum atomic E-state index is 12.6. The number of ether oxygens (including phenoxy) is 2. The lowest BCUT2D eigenvalue weighted by Gasteiger charge is -2.32. The Labute approximate surface area is 162 Å². The number of fused-ring (bicyclic) bond motifs is 1. The molecular formula is C20H21N3O5. The number of hydrogen-bond acceptors (Lipinski definition) is 6. The first-order chi connectivity index (χ1) is 13.6. The number of nitrogens with zero attached hydrogens (tertiary/aromatic N) is 2. The lowest BCUT2D eigenvalue weighted by molar-refractivity contribution is -0.384. The van der Waals surface area contributed by atoms with Crippen molar-refractivity contribution in [2.45, 2.75) is 12.8 Å². The fourth-order valence-electron chi connectivity index (χ4n) is 3.63. The molecule has 28 heavy (non-hydrogen) atoms. The second kappa shape index (κ2) is 7.75. The Hall–Kier alpha value is -3.29. The molecule has 2 aromatic carbocycles. The van der Waals surface area contributed by atoms with Crippen molar-refractivity contribution in [1.29, 1.82) is 0 Å². The summed E-state index contributed by atoms with van der Waals surface area (Å²) in [6, 6.07) is 12.1. The topological polar surface area (TPSA) is 93.9 Å². The molecule has 1 saturated heterocycles. The molecule has 0 saturated carbocycles. The normalized spacial score (nSPS) is 16.5. The predicted octanol–water partition coefficient (Wildman–Crippen LogP) is 3.22. The van der Waals surface area contributed by atoms with Crippen LogP contribution in [0.1, 0.15) is 12.8 Å². The molecule has 2 aromatic rings. The summed E-state index contributed by atoms with van der Waals surface area (Å²) in [5.74, 6) is 1.14. The zero-order chi connectivity index (χ0) is 19.5. The molecule has 0 radical (unpaired) electrons. The summed E-state index contributed by atoms with van der Waals surface area (Å²) < 4.78 is 11.0. The average Bonchev–Trinajstić information content (AvgIpc) is 2.73. The highest BCUT2D eigenvalue weighted by Gasteiger charge is 2.28. The van der Waals surface area contributed by atoms with Gasteiger partial charge in [-0.2, -0.15) is 0 Å². The van der Waals surface area contributed by atoms with Crippen LogP contribution in [0.4, 0.5) is 17.1 Å². The SMILES string of the molecule is O=C(Nc1ccc2c(c1)OCCO2)C1CCN(c2ccccc2[N+](=O)[O-])CC1. The summed E-state index contributed by atoms with van der Waals surface area (Å²) in [5.41, 5.74) is 1.38. The first-order valence-corrected chi connectivity index (χ1v) is 9.31. The Kier molecular flexibility index (Phi) is 5.01. The van der Waals surface area contributed by atoms with Crippen LogP contribution in [0.2, 0.25) is 0 Å². The number of carbonyl (C=O) groups is 1. The van der Waals surface area contributed by atoms with E-state index in [2.05, 4.69) is 5.32 Å². The fourth-order valence-corrected chi connectivity index (χ4v) is 3.63. The number of amides is 1. The van der Waals surface area contributed by atoms with Crippen LogP contribution in [0, 0.1) is 16.0 Å². The highest BCUT2D eigenvalue weighted by molar-refractivity contribution is 5.93. The third-order valence-corrected chi connectivity index (χ3v) is 5.09. The largest absolute Gasteiger partial charge is 0.486 e. The van der Waals surface area contributed by atoms with E-state index in [-0.39, 0.29) is 22.4 Å². The lowest BCUT2D eigenvalue weighted by Crippen LogP contribution is -2.38. The van der Waals surface area contributed by atoms with Crippen LogP contribution in [0.5, 0.6) is 11.5 Å². The van der Waals surface area contributed by atoms with Crippen molar-refractivity contribution in [3.05, 3.63) is 52.6 Å². The number of anilines is 2. The Bertz CT molecular complexity index is 893. The molecule has 8 nitrogen and oxygen atoms in total. The van der Waals surface area contributed by atoms with E-state index in [1.807, 2.05) is 4.90 Å². The number of hydrogen-bond donors (Lipinski definition) is 1. The number of para-hydroxylation sites is 2. The number of nitrogens with one attached hydrogen (secondary N) is 1. The molecule has 146 valence electrons. The van der Waals surface area contributed by atoms with Crippen molar-refractivity contribution in [2.24, 2.45) is 5.92 Å². The van der Waals surface area contributed by atoms with Crippen LogP contribution in [-0.2, 0) is 4.79 Å². The first-order valence-electron chi connectivity index (χ1n) is 9.31. The standard InChI is InChI=1S/C20H21N3O5/c24-20(21-15-5-6-18-19(13-15)28-12-11-27-18)14-7-9-22(10-8-14)16-3-1-2-4-17(16)23(25)26/h1-6,13-14H,7-12H2,(H,21,24). The number of nitro groups is 1. The van der Waals surface area contributed by atoms with Crippen LogP contribution >= 0.6 is 0 Å². The van der Waals surface area contributed by atoms with Gasteiger partial charge >= 0.3 is 0 Å². The van der Waals surface area contributed by atoms with Crippen LogP contribution in [0.25, 0.3) is 0 Å². The molecule has 8 heteroatoms. The minimum atomic E-state index is -0.365. The molecule has 1 N–H and O–H groups in total. The summed E-state index contributed by atoms with van der Waals surface area (Å²) in [6.45, 7) is 2.22. The van der Waals surface area contributed by atoms with E-state index in [0.29, 0.717) is 62.0 Å². The van der Waals surface area contributed by atoms with E-state index in [0.717, 1.165) is 0 Å². The third kappa shape index (κ3) is 3.71. The van der Waals surface area contributed by atoms with Crippen molar-refractivity contribution in [3.63, 3.8) is 0 Å². The van der Waals surface area contributed by atoms with Gasteiger partial charge in [0.2, 0.25) is 5.91 Å². The van der Waals surface area contributed by atoms with E-state index in [9.17, 15) is 14.9 Å². The van der Waals surface area contributed by atoms with Gasteiger partial charge in [0.1, 0.15) is 18.9 Å². The van der Waals surface area contributed by atoms with Crippen LogP contribution < -0.4 is 19.7 Å². The highest BCUT2D eigenvalue weighted by atomic mass is 16.6. The van der Waals surface area contributed by atoms with Crippen LogP contribution in [0.3, 0.4) is 0 Å². The molecule has 4 rings (SSSR count). The summed E-state index contributed by atoms with van der Waals surface area (Å²) in [6.07, 6.45) is 1.28. The van der Waals surface area contributed by atoms with Crippen molar-refractivity contribution < 1.29 is 19.2 Å². The molecule has 2 aliphatic heterocycles. The van der Waals surface area contributed by atoms with Gasteiger partial charge in [-0.3, -0.25) is 14.9 Å². The van der Waals surface area contributed by atoms with Gasteiger partial charge in [0.25, 0.3) is 5.69 Å². The van der Waals surface area contributed by atoms with Gasteiger partial charge in [0, 0.05) is 36.8 Å². The summed E-state index contributed by atoms with van der Waals surface area (Å²) >= 11 is 0. The predicted molar refractivity (Wildman–Crippen MR) is 104 cm³/mol. The zero-order valence-corrected chi connectivity index (χ0v) is 15.3. The number of nitro benzene ring substituents is 1. The fraction of sp³-hybridized carbons (Fsp3) is 0.350. The molecule has 1 amide bonds. The Morgan fingerprint density at radius 3 is 2.54 bits per heavy atom.